The highest BCUT2D eigenvalue weighted by Gasteiger charge is 2.34. The van der Waals surface area contributed by atoms with Gasteiger partial charge in [0.2, 0.25) is 5.91 Å². The molecule has 0 aliphatic carbocycles. The minimum Gasteiger partial charge on any atom is -0.491 e. The monoisotopic (exact) mass is 299 g/mol. The first kappa shape index (κ1) is 16.3. The molecule has 1 aromatic rings. The summed E-state index contributed by atoms with van der Waals surface area (Å²) in [7, 11) is 1.46. The molecule has 1 rings (SSSR count). The van der Waals surface area contributed by atoms with Gasteiger partial charge in [-0.2, -0.15) is 0 Å². The van der Waals surface area contributed by atoms with Gasteiger partial charge in [-0.25, -0.2) is 4.79 Å². The van der Waals surface area contributed by atoms with E-state index in [0.29, 0.717) is 10.8 Å². The van der Waals surface area contributed by atoms with Crippen LogP contribution in [0.5, 0.6) is 5.75 Å². The number of benzene rings is 1. The van der Waals surface area contributed by atoms with Crippen molar-refractivity contribution in [2.24, 2.45) is 0 Å². The Labute approximate surface area is 123 Å². The first-order chi connectivity index (χ1) is 9.26. The van der Waals surface area contributed by atoms with Crippen LogP contribution in [-0.4, -0.2) is 41.1 Å². The van der Waals surface area contributed by atoms with Gasteiger partial charge in [-0.1, -0.05) is 23.7 Å². The second-order valence-corrected chi connectivity index (χ2v) is 5.25. The quantitative estimate of drug-likeness (QED) is 0.876. The average molecular weight is 300 g/mol. The average Bonchev–Trinajstić information content (AvgIpc) is 2.39. The van der Waals surface area contributed by atoms with Gasteiger partial charge in [0.1, 0.15) is 11.3 Å². The Hall–Kier alpha value is -1.75. The molecule has 1 N–H and O–H groups in total. The van der Waals surface area contributed by atoms with Crippen LogP contribution in [0.3, 0.4) is 0 Å². The van der Waals surface area contributed by atoms with Crippen molar-refractivity contribution in [3.63, 3.8) is 0 Å². The summed E-state index contributed by atoms with van der Waals surface area (Å²) >= 11 is 5.92. The number of carboxylic acids is 1. The summed E-state index contributed by atoms with van der Waals surface area (Å²) in [6.45, 7) is 3.09. The number of hydrogen-bond donors (Lipinski definition) is 1. The number of amides is 1. The van der Waals surface area contributed by atoms with E-state index in [1.807, 2.05) is 0 Å². The fourth-order valence-electron chi connectivity index (χ4n) is 1.43. The third kappa shape index (κ3) is 3.87. The minimum absolute atomic E-state index is 0.0818. The van der Waals surface area contributed by atoms with Crippen LogP contribution in [0, 0.1) is 0 Å². The molecule has 0 fully saturated rings. The highest BCUT2D eigenvalue weighted by Crippen LogP contribution is 2.23. The van der Waals surface area contributed by atoms with Crippen molar-refractivity contribution in [2.75, 3.05) is 13.7 Å². The van der Waals surface area contributed by atoms with Crippen molar-refractivity contribution < 1.29 is 19.4 Å². The summed E-state index contributed by atoms with van der Waals surface area (Å²) in [5.41, 5.74) is -1.25. The number of carbonyl (C=O) groups is 2. The first-order valence-electron chi connectivity index (χ1n) is 6.14. The number of carbonyl (C=O) groups excluding carboxylic acids is 1. The van der Waals surface area contributed by atoms with E-state index in [1.165, 1.54) is 25.8 Å². The lowest BCUT2D eigenvalue weighted by Gasteiger charge is -2.31. The van der Waals surface area contributed by atoms with Crippen LogP contribution in [-0.2, 0) is 9.59 Å². The fraction of sp³-hybridized carbons (Fsp3) is 0.429. The summed E-state index contributed by atoms with van der Waals surface area (Å²) in [4.78, 5) is 24.2. The molecule has 110 valence electrons. The highest BCUT2D eigenvalue weighted by molar-refractivity contribution is 6.32. The molecule has 1 aromatic carbocycles. The van der Waals surface area contributed by atoms with Crippen LogP contribution in [0.4, 0.5) is 0 Å². The summed E-state index contributed by atoms with van der Waals surface area (Å²) in [5, 5.41) is 9.53. The number of carboxylic acid groups (broad SMARTS) is 1. The van der Waals surface area contributed by atoms with Gasteiger partial charge in [-0.05, 0) is 26.0 Å². The largest absolute Gasteiger partial charge is 0.491 e. The lowest BCUT2D eigenvalue weighted by Crippen LogP contribution is -2.51. The van der Waals surface area contributed by atoms with E-state index in [9.17, 15) is 9.59 Å². The van der Waals surface area contributed by atoms with E-state index in [0.717, 1.165) is 0 Å². The van der Waals surface area contributed by atoms with E-state index in [1.54, 1.807) is 24.3 Å². The molecule has 0 radical (unpaired) electrons. The lowest BCUT2D eigenvalue weighted by molar-refractivity contribution is -0.155. The second kappa shape index (κ2) is 6.61. The van der Waals surface area contributed by atoms with Crippen molar-refractivity contribution in [1.82, 2.24) is 4.90 Å². The molecule has 0 aromatic heterocycles. The van der Waals surface area contributed by atoms with Gasteiger partial charge in [0.25, 0.3) is 0 Å². The predicted molar refractivity (Wildman–Crippen MR) is 76.0 cm³/mol. The third-order valence-electron chi connectivity index (χ3n) is 3.15. The summed E-state index contributed by atoms with van der Waals surface area (Å²) in [6, 6.07) is 6.96. The molecule has 0 spiro atoms. The number of para-hydroxylation sites is 1. The van der Waals surface area contributed by atoms with Crippen molar-refractivity contribution in [1.29, 1.82) is 0 Å². The summed E-state index contributed by atoms with van der Waals surface area (Å²) < 4.78 is 5.40. The van der Waals surface area contributed by atoms with E-state index < -0.39 is 11.5 Å². The normalized spacial score (nSPS) is 11.0. The van der Waals surface area contributed by atoms with E-state index in [4.69, 9.17) is 21.4 Å². The van der Waals surface area contributed by atoms with Crippen LogP contribution in [0.15, 0.2) is 24.3 Å². The maximum absolute atomic E-state index is 11.9. The van der Waals surface area contributed by atoms with Gasteiger partial charge >= 0.3 is 5.97 Å². The molecule has 0 heterocycles. The van der Waals surface area contributed by atoms with E-state index in [2.05, 4.69) is 0 Å². The van der Waals surface area contributed by atoms with Crippen molar-refractivity contribution in [3.8, 4) is 5.75 Å². The lowest BCUT2D eigenvalue weighted by atomic mass is 10.0. The van der Waals surface area contributed by atoms with Crippen LogP contribution in [0.2, 0.25) is 5.02 Å². The van der Waals surface area contributed by atoms with Crippen LogP contribution < -0.4 is 4.74 Å². The van der Waals surface area contributed by atoms with Crippen molar-refractivity contribution >= 4 is 23.5 Å². The zero-order valence-corrected chi connectivity index (χ0v) is 12.5. The SMILES string of the molecule is CN(C(=O)CCOc1ccccc1Cl)C(C)(C)C(=O)O. The number of likely N-dealkylation sites (N-methyl/N-ethyl adjacent to an activating group) is 1. The second-order valence-electron chi connectivity index (χ2n) is 4.85. The Kier molecular flexibility index (Phi) is 5.39. The molecule has 0 atom stereocenters. The Balaban J connectivity index is 2.52. The third-order valence-corrected chi connectivity index (χ3v) is 3.46. The summed E-state index contributed by atoms with van der Waals surface area (Å²) in [6.07, 6.45) is 0.0818. The standard InChI is InChI=1S/C14H18ClNO4/c1-14(2,13(18)19)16(3)12(17)8-9-20-11-7-5-4-6-10(11)15/h4-7H,8-9H2,1-3H3,(H,18,19). The number of nitrogens with zero attached hydrogens (tertiary/aromatic N) is 1. The van der Waals surface area contributed by atoms with Crippen molar-refractivity contribution in [2.45, 2.75) is 25.8 Å². The molecule has 5 nitrogen and oxygen atoms in total. The smallest absolute Gasteiger partial charge is 0.329 e. The van der Waals surface area contributed by atoms with Crippen LogP contribution in [0.25, 0.3) is 0 Å². The number of rotatable bonds is 6. The van der Waals surface area contributed by atoms with Crippen molar-refractivity contribution in [3.05, 3.63) is 29.3 Å². The molecule has 0 unspecified atom stereocenters. The van der Waals surface area contributed by atoms with E-state index >= 15 is 0 Å². The van der Waals surface area contributed by atoms with Gasteiger partial charge in [-0.3, -0.25) is 4.79 Å². The maximum atomic E-state index is 11.9. The number of halogens is 1. The van der Waals surface area contributed by atoms with Crippen LogP contribution in [0.1, 0.15) is 20.3 Å². The Morgan fingerprint density at radius 2 is 1.95 bits per heavy atom. The molecule has 0 aliphatic heterocycles. The Morgan fingerprint density at radius 1 is 1.35 bits per heavy atom. The maximum Gasteiger partial charge on any atom is 0.329 e. The Bertz CT molecular complexity index is 502. The number of hydrogen-bond acceptors (Lipinski definition) is 3. The van der Waals surface area contributed by atoms with Gasteiger partial charge in [0, 0.05) is 7.05 Å². The summed E-state index contributed by atoms with van der Waals surface area (Å²) in [5.74, 6) is -0.855. The molecule has 6 heteroatoms. The Morgan fingerprint density at radius 3 is 2.50 bits per heavy atom. The zero-order valence-electron chi connectivity index (χ0n) is 11.7. The molecule has 0 saturated heterocycles. The van der Waals surface area contributed by atoms with Gasteiger partial charge in [-0.15, -0.1) is 0 Å². The van der Waals surface area contributed by atoms with Gasteiger partial charge < -0.3 is 14.7 Å². The number of ether oxygens (including phenoxy) is 1. The number of aliphatic carboxylic acids is 1. The van der Waals surface area contributed by atoms with Gasteiger partial charge in [0.05, 0.1) is 18.1 Å². The molecular weight excluding hydrogens is 282 g/mol. The first-order valence-corrected chi connectivity index (χ1v) is 6.52. The van der Waals surface area contributed by atoms with Crippen LogP contribution >= 0.6 is 11.6 Å². The molecule has 1 amide bonds. The topological polar surface area (TPSA) is 66.8 Å². The molecule has 0 aliphatic rings. The minimum atomic E-state index is -1.25. The molecule has 0 bridgehead atoms. The molecule has 0 saturated carbocycles. The fourth-order valence-corrected chi connectivity index (χ4v) is 1.62. The van der Waals surface area contributed by atoms with E-state index in [-0.39, 0.29) is 18.9 Å². The zero-order chi connectivity index (χ0) is 15.3. The van der Waals surface area contributed by atoms with Gasteiger partial charge in [0.15, 0.2) is 0 Å². The highest BCUT2D eigenvalue weighted by atomic mass is 35.5. The molecule has 20 heavy (non-hydrogen) atoms. The predicted octanol–water partition coefficient (Wildman–Crippen LogP) is 2.43. The molecular formula is C14H18ClNO4.